The second kappa shape index (κ2) is 6.84. The molecule has 3 rings (SSSR count). The van der Waals surface area contributed by atoms with Gasteiger partial charge in [-0.1, -0.05) is 21.9 Å². The summed E-state index contributed by atoms with van der Waals surface area (Å²) in [4.78, 5) is 16.3. The highest BCUT2D eigenvalue weighted by Gasteiger charge is 2.14. The molecule has 8 heteroatoms. The van der Waals surface area contributed by atoms with Crippen LogP contribution in [0.2, 0.25) is 5.02 Å². The van der Waals surface area contributed by atoms with E-state index in [1.54, 1.807) is 38.1 Å². The minimum Gasteiger partial charge on any atom is -0.359 e. The van der Waals surface area contributed by atoms with E-state index in [-0.39, 0.29) is 12.3 Å². The van der Waals surface area contributed by atoms with Crippen LogP contribution in [0.1, 0.15) is 23.8 Å². The molecule has 1 N–H and O–H groups in total. The molecule has 7 nitrogen and oxygen atoms in total. The third-order valence-electron chi connectivity index (χ3n) is 3.43. The maximum absolute atomic E-state index is 12.0. The summed E-state index contributed by atoms with van der Waals surface area (Å²) in [5.74, 6) is 1.26. The van der Waals surface area contributed by atoms with Gasteiger partial charge in [-0.2, -0.15) is 4.98 Å². The van der Waals surface area contributed by atoms with Gasteiger partial charge in [-0.15, -0.1) is 0 Å². The van der Waals surface area contributed by atoms with Gasteiger partial charge < -0.3 is 14.4 Å². The van der Waals surface area contributed by atoms with E-state index in [4.69, 9.17) is 20.6 Å². The van der Waals surface area contributed by atoms with Crippen molar-refractivity contribution in [2.24, 2.45) is 0 Å². The van der Waals surface area contributed by atoms with E-state index in [9.17, 15) is 4.79 Å². The molecule has 2 heterocycles. The van der Waals surface area contributed by atoms with E-state index in [2.05, 4.69) is 20.6 Å². The third kappa shape index (κ3) is 3.62. The minimum atomic E-state index is -0.171. The number of halogens is 1. The van der Waals surface area contributed by atoms with E-state index >= 15 is 0 Å². The largest absolute Gasteiger partial charge is 0.359 e. The normalized spacial score (nSPS) is 10.8. The van der Waals surface area contributed by atoms with Gasteiger partial charge in [0.25, 0.3) is 0 Å². The maximum atomic E-state index is 12.0. The first-order valence-electron chi connectivity index (χ1n) is 7.34. The SMILES string of the molecule is Cc1noc(C)c1NC(=O)CCc1nc(-c2ccc(Cl)cc2)no1. The predicted molar refractivity (Wildman–Crippen MR) is 87.7 cm³/mol. The molecule has 0 unspecified atom stereocenters. The van der Waals surface area contributed by atoms with E-state index in [0.29, 0.717) is 40.3 Å². The third-order valence-corrected chi connectivity index (χ3v) is 3.69. The lowest BCUT2D eigenvalue weighted by Gasteiger charge is -2.02. The molecule has 0 saturated carbocycles. The van der Waals surface area contributed by atoms with Gasteiger partial charge in [-0.05, 0) is 38.1 Å². The highest BCUT2D eigenvalue weighted by atomic mass is 35.5. The average Bonchev–Trinajstić information content (AvgIpc) is 3.16. The summed E-state index contributed by atoms with van der Waals surface area (Å²) in [5, 5.41) is 11.1. The molecule has 2 aromatic heterocycles. The number of hydrogen-bond acceptors (Lipinski definition) is 6. The van der Waals surface area contributed by atoms with Gasteiger partial charge in [-0.25, -0.2) is 0 Å². The molecule has 3 aromatic rings. The molecule has 0 fully saturated rings. The van der Waals surface area contributed by atoms with Crippen molar-refractivity contribution in [3.8, 4) is 11.4 Å². The number of rotatable bonds is 5. The average molecular weight is 347 g/mol. The van der Waals surface area contributed by atoms with E-state index in [1.165, 1.54) is 0 Å². The lowest BCUT2D eigenvalue weighted by atomic mass is 10.2. The van der Waals surface area contributed by atoms with Gasteiger partial charge in [0.15, 0.2) is 5.76 Å². The van der Waals surface area contributed by atoms with E-state index in [0.717, 1.165) is 5.56 Å². The van der Waals surface area contributed by atoms with Gasteiger partial charge in [0.2, 0.25) is 17.6 Å². The van der Waals surface area contributed by atoms with Crippen molar-refractivity contribution < 1.29 is 13.8 Å². The summed E-state index contributed by atoms with van der Waals surface area (Å²) in [7, 11) is 0. The van der Waals surface area contributed by atoms with Gasteiger partial charge in [0.05, 0.1) is 0 Å². The molecule has 0 aliphatic heterocycles. The predicted octanol–water partition coefficient (Wildman–Crippen LogP) is 3.57. The molecule has 0 spiro atoms. The zero-order valence-electron chi connectivity index (χ0n) is 13.2. The van der Waals surface area contributed by atoms with Crippen molar-refractivity contribution in [2.45, 2.75) is 26.7 Å². The van der Waals surface area contributed by atoms with Crippen LogP contribution >= 0.6 is 11.6 Å². The fourth-order valence-corrected chi connectivity index (χ4v) is 2.28. The Morgan fingerprint density at radius 1 is 1.17 bits per heavy atom. The quantitative estimate of drug-likeness (QED) is 0.759. The first-order chi connectivity index (χ1) is 11.5. The molecule has 124 valence electrons. The number of nitrogens with zero attached hydrogens (tertiary/aromatic N) is 3. The number of benzene rings is 1. The highest BCUT2D eigenvalue weighted by Crippen LogP contribution is 2.20. The molecule has 1 amide bonds. The zero-order chi connectivity index (χ0) is 17.1. The topological polar surface area (TPSA) is 94.1 Å². The highest BCUT2D eigenvalue weighted by molar-refractivity contribution is 6.30. The van der Waals surface area contributed by atoms with Crippen LogP contribution < -0.4 is 5.32 Å². The first-order valence-corrected chi connectivity index (χ1v) is 7.72. The van der Waals surface area contributed by atoms with E-state index in [1.807, 2.05) is 0 Å². The van der Waals surface area contributed by atoms with Crippen LogP contribution in [0, 0.1) is 13.8 Å². The van der Waals surface area contributed by atoms with Crippen molar-refractivity contribution >= 4 is 23.2 Å². The Labute approximate surface area is 143 Å². The second-order valence-corrected chi connectivity index (χ2v) is 5.70. The number of anilines is 1. The van der Waals surface area contributed by atoms with Crippen molar-refractivity contribution in [3.63, 3.8) is 0 Å². The molecule has 24 heavy (non-hydrogen) atoms. The Bertz CT molecular complexity index is 835. The number of aromatic nitrogens is 3. The summed E-state index contributed by atoms with van der Waals surface area (Å²) >= 11 is 5.85. The van der Waals surface area contributed by atoms with Crippen molar-refractivity contribution in [2.75, 3.05) is 5.32 Å². The van der Waals surface area contributed by atoms with Crippen LogP contribution in [0.25, 0.3) is 11.4 Å². The zero-order valence-corrected chi connectivity index (χ0v) is 13.9. The van der Waals surface area contributed by atoms with Crippen molar-refractivity contribution in [1.29, 1.82) is 0 Å². The van der Waals surface area contributed by atoms with Crippen molar-refractivity contribution in [3.05, 3.63) is 46.6 Å². The number of carbonyl (C=O) groups excluding carboxylic acids is 1. The van der Waals surface area contributed by atoms with Gasteiger partial charge in [0, 0.05) is 23.4 Å². The monoisotopic (exact) mass is 346 g/mol. The Morgan fingerprint density at radius 2 is 1.92 bits per heavy atom. The number of aryl methyl sites for hydroxylation is 3. The fourth-order valence-electron chi connectivity index (χ4n) is 2.16. The van der Waals surface area contributed by atoms with Crippen LogP contribution in [-0.4, -0.2) is 21.2 Å². The lowest BCUT2D eigenvalue weighted by molar-refractivity contribution is -0.116. The minimum absolute atomic E-state index is 0.171. The molecule has 1 aromatic carbocycles. The molecule has 0 aliphatic carbocycles. The molecular weight excluding hydrogens is 332 g/mol. The Morgan fingerprint density at radius 3 is 2.58 bits per heavy atom. The van der Waals surface area contributed by atoms with Crippen LogP contribution in [0.3, 0.4) is 0 Å². The summed E-state index contributed by atoms with van der Waals surface area (Å²) in [6.07, 6.45) is 0.558. The second-order valence-electron chi connectivity index (χ2n) is 5.27. The summed E-state index contributed by atoms with van der Waals surface area (Å²) < 4.78 is 10.2. The van der Waals surface area contributed by atoms with Crippen LogP contribution in [0.5, 0.6) is 0 Å². The summed E-state index contributed by atoms with van der Waals surface area (Å²) in [6, 6.07) is 7.12. The van der Waals surface area contributed by atoms with Crippen molar-refractivity contribution in [1.82, 2.24) is 15.3 Å². The lowest BCUT2D eigenvalue weighted by Crippen LogP contribution is -2.13. The number of amides is 1. The Kier molecular flexibility index (Phi) is 4.61. The van der Waals surface area contributed by atoms with Gasteiger partial charge in [0.1, 0.15) is 11.4 Å². The molecule has 0 atom stereocenters. The van der Waals surface area contributed by atoms with Crippen LogP contribution in [-0.2, 0) is 11.2 Å². The van der Waals surface area contributed by atoms with Crippen LogP contribution in [0.15, 0.2) is 33.3 Å². The molecule has 0 saturated heterocycles. The summed E-state index contributed by atoms with van der Waals surface area (Å²) in [5.41, 5.74) is 2.05. The van der Waals surface area contributed by atoms with Gasteiger partial charge in [-0.3, -0.25) is 4.79 Å². The Hall–Kier alpha value is -2.67. The van der Waals surface area contributed by atoms with E-state index < -0.39 is 0 Å². The molecule has 0 radical (unpaired) electrons. The molecular formula is C16H15ClN4O3. The maximum Gasteiger partial charge on any atom is 0.227 e. The fraction of sp³-hybridized carbons (Fsp3) is 0.250. The molecule has 0 aliphatic rings. The summed E-state index contributed by atoms with van der Waals surface area (Å²) in [6.45, 7) is 3.51. The number of carbonyl (C=O) groups is 1. The molecule has 0 bridgehead atoms. The number of nitrogens with one attached hydrogen (secondary N) is 1. The standard InChI is InChI=1S/C16H15ClN4O3/c1-9-15(10(2)23-20-9)18-13(22)7-8-14-19-16(21-24-14)11-3-5-12(17)6-4-11/h3-6H,7-8H2,1-2H3,(H,18,22). The van der Waals surface area contributed by atoms with Gasteiger partial charge >= 0.3 is 0 Å². The first kappa shape index (κ1) is 16.2. The van der Waals surface area contributed by atoms with Crippen LogP contribution in [0.4, 0.5) is 5.69 Å². The smallest absolute Gasteiger partial charge is 0.227 e. The Balaban J connectivity index is 1.59. The number of hydrogen-bond donors (Lipinski definition) is 1.